The first kappa shape index (κ1) is 16.8. The van der Waals surface area contributed by atoms with Crippen molar-refractivity contribution in [3.8, 4) is 0 Å². The molecule has 0 aliphatic heterocycles. The Morgan fingerprint density at radius 2 is 2.00 bits per heavy atom. The Balaban J connectivity index is 2.91. The van der Waals surface area contributed by atoms with Crippen LogP contribution < -0.4 is 5.32 Å². The van der Waals surface area contributed by atoms with Crippen LogP contribution in [0.15, 0.2) is 31.0 Å². The molecule has 0 atom stereocenters. The fourth-order valence-electron chi connectivity index (χ4n) is 1.69. The summed E-state index contributed by atoms with van der Waals surface area (Å²) in [6.07, 6.45) is 1.21. The summed E-state index contributed by atoms with van der Waals surface area (Å²) in [5.74, 6) is -0.483. The van der Waals surface area contributed by atoms with Gasteiger partial charge in [-0.2, -0.15) is 0 Å². The maximum atomic E-state index is 11.8. The van der Waals surface area contributed by atoms with Crippen molar-refractivity contribution in [3.05, 3.63) is 42.2 Å². The van der Waals surface area contributed by atoms with Gasteiger partial charge in [-0.25, -0.2) is 9.59 Å². The SMILES string of the molecule is C=COC(=O)c1ccc(NC(=O)OC(C)(C)C)c(CC)c1. The predicted octanol–water partition coefficient (Wildman–Crippen LogP) is 3.90. The quantitative estimate of drug-likeness (QED) is 0.675. The fraction of sp³-hybridized carbons (Fsp3) is 0.375. The normalized spacial score (nSPS) is 10.7. The van der Waals surface area contributed by atoms with E-state index in [4.69, 9.17) is 9.47 Å². The maximum absolute atomic E-state index is 11.8. The molecule has 1 aromatic rings. The lowest BCUT2D eigenvalue weighted by Gasteiger charge is -2.20. The number of esters is 1. The van der Waals surface area contributed by atoms with Crippen LogP contribution in [0.4, 0.5) is 10.5 Å². The number of ether oxygens (including phenoxy) is 2. The van der Waals surface area contributed by atoms with E-state index in [2.05, 4.69) is 11.9 Å². The van der Waals surface area contributed by atoms with Crippen LogP contribution in [0.3, 0.4) is 0 Å². The van der Waals surface area contributed by atoms with Crippen molar-refractivity contribution in [2.45, 2.75) is 39.7 Å². The summed E-state index contributed by atoms with van der Waals surface area (Å²) in [5.41, 5.74) is 1.27. The van der Waals surface area contributed by atoms with E-state index in [0.717, 1.165) is 11.8 Å². The molecule has 1 aromatic carbocycles. The van der Waals surface area contributed by atoms with Crippen LogP contribution in [0.2, 0.25) is 0 Å². The lowest BCUT2D eigenvalue weighted by molar-refractivity contribution is 0.0633. The molecular weight excluding hydrogens is 270 g/mol. The smallest absolute Gasteiger partial charge is 0.412 e. The number of carbonyl (C=O) groups is 2. The molecule has 0 radical (unpaired) electrons. The molecule has 0 aliphatic rings. The van der Waals surface area contributed by atoms with Gasteiger partial charge in [0.05, 0.1) is 11.8 Å². The zero-order valence-electron chi connectivity index (χ0n) is 12.9. The molecule has 0 aromatic heterocycles. The molecule has 1 rings (SSSR count). The van der Waals surface area contributed by atoms with Crippen molar-refractivity contribution in [3.63, 3.8) is 0 Å². The molecule has 1 N–H and O–H groups in total. The Labute approximate surface area is 124 Å². The average molecular weight is 291 g/mol. The maximum Gasteiger partial charge on any atom is 0.412 e. The summed E-state index contributed by atoms with van der Waals surface area (Å²) in [6.45, 7) is 10.7. The van der Waals surface area contributed by atoms with Crippen LogP contribution in [0.5, 0.6) is 0 Å². The number of rotatable bonds is 4. The molecule has 0 saturated carbocycles. The highest BCUT2D eigenvalue weighted by Gasteiger charge is 2.17. The molecule has 5 heteroatoms. The highest BCUT2D eigenvalue weighted by molar-refractivity contribution is 5.92. The molecule has 0 unspecified atom stereocenters. The third-order valence-electron chi connectivity index (χ3n) is 2.55. The topological polar surface area (TPSA) is 64.6 Å². The summed E-state index contributed by atoms with van der Waals surface area (Å²) in [7, 11) is 0. The van der Waals surface area contributed by atoms with E-state index in [1.807, 2.05) is 6.92 Å². The summed E-state index contributed by atoms with van der Waals surface area (Å²) in [6, 6.07) is 4.92. The van der Waals surface area contributed by atoms with Crippen LogP contribution in [0, 0.1) is 0 Å². The van der Waals surface area contributed by atoms with Gasteiger partial charge in [0.2, 0.25) is 0 Å². The Morgan fingerprint density at radius 3 is 2.52 bits per heavy atom. The number of carbonyl (C=O) groups excluding carboxylic acids is 2. The largest absolute Gasteiger partial charge is 0.444 e. The fourth-order valence-corrected chi connectivity index (χ4v) is 1.69. The van der Waals surface area contributed by atoms with Gasteiger partial charge < -0.3 is 9.47 Å². The van der Waals surface area contributed by atoms with E-state index in [1.165, 1.54) is 0 Å². The lowest BCUT2D eigenvalue weighted by Crippen LogP contribution is -2.27. The number of anilines is 1. The van der Waals surface area contributed by atoms with Crippen molar-refractivity contribution in [2.75, 3.05) is 5.32 Å². The van der Waals surface area contributed by atoms with Gasteiger partial charge in [-0.3, -0.25) is 5.32 Å². The summed E-state index contributed by atoms with van der Waals surface area (Å²) < 4.78 is 9.93. The monoisotopic (exact) mass is 291 g/mol. The third kappa shape index (κ3) is 5.30. The van der Waals surface area contributed by atoms with Crippen LogP contribution in [-0.2, 0) is 15.9 Å². The van der Waals surface area contributed by atoms with E-state index in [-0.39, 0.29) is 0 Å². The zero-order valence-corrected chi connectivity index (χ0v) is 12.9. The van der Waals surface area contributed by atoms with Crippen LogP contribution in [0.1, 0.15) is 43.6 Å². The molecule has 0 aliphatic carbocycles. The highest BCUT2D eigenvalue weighted by atomic mass is 16.6. The summed E-state index contributed by atoms with van der Waals surface area (Å²) in [4.78, 5) is 23.4. The van der Waals surface area contributed by atoms with Crippen molar-refractivity contribution in [1.29, 1.82) is 0 Å². The number of amides is 1. The first-order chi connectivity index (χ1) is 9.76. The molecule has 0 heterocycles. The Hall–Kier alpha value is -2.30. The second kappa shape index (κ2) is 6.92. The Morgan fingerprint density at radius 1 is 1.33 bits per heavy atom. The number of hydrogen-bond acceptors (Lipinski definition) is 4. The van der Waals surface area contributed by atoms with E-state index >= 15 is 0 Å². The van der Waals surface area contributed by atoms with Crippen molar-refractivity contribution < 1.29 is 19.1 Å². The number of aryl methyl sites for hydroxylation is 1. The first-order valence-corrected chi connectivity index (χ1v) is 6.71. The third-order valence-corrected chi connectivity index (χ3v) is 2.55. The standard InChI is InChI=1S/C16H21NO4/c1-6-11-10-12(14(18)20-7-2)8-9-13(11)17-15(19)21-16(3,4)5/h7-10H,2,6H2,1,3-5H3,(H,17,19). The minimum atomic E-state index is -0.565. The van der Waals surface area contributed by atoms with Gasteiger partial charge in [-0.15, -0.1) is 0 Å². The molecule has 0 bridgehead atoms. The van der Waals surface area contributed by atoms with Gasteiger partial charge in [0.1, 0.15) is 5.60 Å². The molecule has 21 heavy (non-hydrogen) atoms. The van der Waals surface area contributed by atoms with E-state index in [1.54, 1.807) is 39.0 Å². The van der Waals surface area contributed by atoms with Crippen molar-refractivity contribution in [2.24, 2.45) is 0 Å². The van der Waals surface area contributed by atoms with Gasteiger partial charge in [0.25, 0.3) is 0 Å². The Bertz CT molecular complexity index is 544. The first-order valence-electron chi connectivity index (χ1n) is 6.71. The van der Waals surface area contributed by atoms with E-state index in [0.29, 0.717) is 17.7 Å². The van der Waals surface area contributed by atoms with Gasteiger partial charge in [0.15, 0.2) is 0 Å². The van der Waals surface area contributed by atoms with Crippen molar-refractivity contribution in [1.82, 2.24) is 0 Å². The molecule has 0 saturated heterocycles. The van der Waals surface area contributed by atoms with Crippen molar-refractivity contribution >= 4 is 17.7 Å². The molecule has 5 nitrogen and oxygen atoms in total. The van der Waals surface area contributed by atoms with Gasteiger partial charge in [-0.05, 0) is 51.0 Å². The minimum Gasteiger partial charge on any atom is -0.444 e. The number of hydrogen-bond donors (Lipinski definition) is 1. The second-order valence-corrected chi connectivity index (χ2v) is 5.42. The summed E-state index contributed by atoms with van der Waals surface area (Å²) >= 11 is 0. The molecular formula is C16H21NO4. The predicted molar refractivity (Wildman–Crippen MR) is 81.3 cm³/mol. The van der Waals surface area contributed by atoms with Gasteiger partial charge in [-0.1, -0.05) is 13.5 Å². The number of benzene rings is 1. The molecule has 114 valence electrons. The highest BCUT2D eigenvalue weighted by Crippen LogP contribution is 2.20. The average Bonchev–Trinajstić information content (AvgIpc) is 2.37. The molecule has 1 amide bonds. The molecule has 0 spiro atoms. The Kier molecular flexibility index (Phi) is 5.52. The van der Waals surface area contributed by atoms with Crippen LogP contribution >= 0.6 is 0 Å². The zero-order chi connectivity index (χ0) is 16.0. The minimum absolute atomic E-state index is 0.404. The second-order valence-electron chi connectivity index (χ2n) is 5.42. The van der Waals surface area contributed by atoms with Gasteiger partial charge >= 0.3 is 12.1 Å². The summed E-state index contributed by atoms with van der Waals surface area (Å²) in [5, 5.41) is 2.68. The van der Waals surface area contributed by atoms with E-state index in [9.17, 15) is 9.59 Å². The van der Waals surface area contributed by atoms with Crippen LogP contribution in [0.25, 0.3) is 0 Å². The molecule has 0 fully saturated rings. The number of nitrogens with one attached hydrogen (secondary N) is 1. The van der Waals surface area contributed by atoms with Gasteiger partial charge in [0, 0.05) is 5.69 Å². The van der Waals surface area contributed by atoms with Crippen LogP contribution in [-0.4, -0.2) is 17.7 Å². The lowest BCUT2D eigenvalue weighted by atomic mass is 10.1. The van der Waals surface area contributed by atoms with E-state index < -0.39 is 17.7 Å².